The molecule has 6 heteroatoms. The molecule has 1 fully saturated rings. The van der Waals surface area contributed by atoms with E-state index in [1.807, 2.05) is 0 Å². The van der Waals surface area contributed by atoms with E-state index in [1.165, 1.54) is 0 Å². The maximum atomic E-state index is 11.8. The van der Waals surface area contributed by atoms with Crippen LogP contribution in [0.2, 0.25) is 0 Å². The number of carbonyl (C=O) groups is 2. The lowest BCUT2D eigenvalue weighted by Gasteiger charge is -2.34. The van der Waals surface area contributed by atoms with Crippen LogP contribution in [0.5, 0.6) is 0 Å². The molecule has 0 aliphatic heterocycles. The van der Waals surface area contributed by atoms with Crippen molar-refractivity contribution < 1.29 is 19.8 Å². The van der Waals surface area contributed by atoms with E-state index in [4.69, 9.17) is 10.2 Å². The van der Waals surface area contributed by atoms with Crippen LogP contribution >= 0.6 is 0 Å². The van der Waals surface area contributed by atoms with Gasteiger partial charge in [0.15, 0.2) is 0 Å². The van der Waals surface area contributed by atoms with Gasteiger partial charge in [-0.1, -0.05) is 26.7 Å². The van der Waals surface area contributed by atoms with Gasteiger partial charge in [0.05, 0.1) is 25.0 Å². The van der Waals surface area contributed by atoms with Crippen molar-refractivity contribution in [3.63, 3.8) is 0 Å². The van der Waals surface area contributed by atoms with Gasteiger partial charge >= 0.3 is 0 Å². The van der Waals surface area contributed by atoms with E-state index in [0.29, 0.717) is 0 Å². The van der Waals surface area contributed by atoms with Crippen LogP contribution in [-0.4, -0.2) is 47.3 Å². The van der Waals surface area contributed by atoms with Gasteiger partial charge in [-0.05, 0) is 12.8 Å². The van der Waals surface area contributed by atoms with Gasteiger partial charge in [0.25, 0.3) is 0 Å². The predicted molar refractivity (Wildman–Crippen MR) is 74.8 cm³/mol. The molecule has 1 aliphatic carbocycles. The summed E-state index contributed by atoms with van der Waals surface area (Å²) in [6.45, 7) is 2.97. The fraction of sp³-hybridized carbons (Fsp3) is 0.857. The molecule has 0 unspecified atom stereocenters. The zero-order valence-electron chi connectivity index (χ0n) is 12.3. The maximum absolute atomic E-state index is 11.8. The molecule has 1 saturated carbocycles. The second kappa shape index (κ2) is 8.21. The molecule has 0 bridgehead atoms. The summed E-state index contributed by atoms with van der Waals surface area (Å²) in [6, 6.07) is -0.194. The first kappa shape index (κ1) is 16.9. The van der Waals surface area contributed by atoms with E-state index >= 15 is 0 Å². The molecule has 0 radical (unpaired) electrons. The molecule has 0 aromatic rings. The quantitative estimate of drug-likeness (QED) is 0.543. The lowest BCUT2D eigenvalue weighted by Crippen LogP contribution is -2.55. The predicted octanol–water partition coefficient (Wildman–Crippen LogP) is -0.213. The fourth-order valence-corrected chi connectivity index (χ4v) is 2.29. The van der Waals surface area contributed by atoms with Crippen molar-refractivity contribution in [2.75, 3.05) is 13.2 Å². The number of nitrogens with one attached hydrogen (secondary N) is 2. The molecule has 4 N–H and O–H groups in total. The zero-order valence-corrected chi connectivity index (χ0v) is 12.3. The van der Waals surface area contributed by atoms with E-state index in [1.54, 1.807) is 13.8 Å². The van der Waals surface area contributed by atoms with E-state index in [2.05, 4.69) is 10.6 Å². The number of amides is 2. The molecule has 2 amide bonds. The van der Waals surface area contributed by atoms with E-state index in [-0.39, 0.29) is 37.1 Å². The van der Waals surface area contributed by atoms with Gasteiger partial charge in [0.1, 0.15) is 0 Å². The molecular formula is C14H26N2O4. The minimum Gasteiger partial charge on any atom is -0.396 e. The topological polar surface area (TPSA) is 98.7 Å². The van der Waals surface area contributed by atoms with Crippen LogP contribution in [0.15, 0.2) is 0 Å². The Bertz CT molecular complexity index is 303. The van der Waals surface area contributed by atoms with Crippen molar-refractivity contribution >= 4 is 11.8 Å². The molecule has 0 saturated heterocycles. The number of aliphatic hydroxyl groups is 2. The van der Waals surface area contributed by atoms with E-state index < -0.39 is 11.8 Å². The van der Waals surface area contributed by atoms with Crippen LogP contribution < -0.4 is 10.6 Å². The number of hydrogen-bond acceptors (Lipinski definition) is 4. The normalized spacial score (nSPS) is 25.6. The average Bonchev–Trinajstić information content (AvgIpc) is 2.47. The summed E-state index contributed by atoms with van der Waals surface area (Å²) in [5, 5.41) is 23.8. The minimum atomic E-state index is -0.440. The van der Waals surface area contributed by atoms with Gasteiger partial charge in [-0.3, -0.25) is 9.59 Å². The van der Waals surface area contributed by atoms with Crippen LogP contribution in [0, 0.1) is 11.8 Å². The number of hydrogen-bond donors (Lipinski definition) is 4. The van der Waals surface area contributed by atoms with Gasteiger partial charge < -0.3 is 20.8 Å². The van der Waals surface area contributed by atoms with Gasteiger partial charge in [-0.25, -0.2) is 0 Å². The Balaban J connectivity index is 2.58. The molecule has 0 aromatic carbocycles. The van der Waals surface area contributed by atoms with Gasteiger partial charge in [-0.15, -0.1) is 0 Å². The van der Waals surface area contributed by atoms with Crippen LogP contribution in [0.3, 0.4) is 0 Å². The number of rotatable bonds is 6. The number of carbonyl (C=O) groups excluding carboxylic acids is 2. The van der Waals surface area contributed by atoms with Gasteiger partial charge in [0, 0.05) is 12.1 Å². The molecule has 0 heterocycles. The molecule has 0 aromatic heterocycles. The Morgan fingerprint density at radius 2 is 1.30 bits per heavy atom. The highest BCUT2D eigenvalue weighted by Crippen LogP contribution is 2.19. The summed E-state index contributed by atoms with van der Waals surface area (Å²) in [4.78, 5) is 23.7. The Morgan fingerprint density at radius 1 is 0.950 bits per heavy atom. The Labute approximate surface area is 119 Å². The van der Waals surface area contributed by atoms with Gasteiger partial charge in [0.2, 0.25) is 11.8 Å². The van der Waals surface area contributed by atoms with Gasteiger partial charge in [-0.2, -0.15) is 0 Å². The molecule has 4 atom stereocenters. The van der Waals surface area contributed by atoms with Crippen molar-refractivity contribution in [1.29, 1.82) is 0 Å². The highest BCUT2D eigenvalue weighted by molar-refractivity contribution is 5.80. The smallest absolute Gasteiger partial charge is 0.225 e. The second-order valence-electron chi connectivity index (χ2n) is 5.68. The van der Waals surface area contributed by atoms with Crippen molar-refractivity contribution in [3.05, 3.63) is 0 Å². The monoisotopic (exact) mass is 286 g/mol. The first-order valence-corrected chi connectivity index (χ1v) is 7.32. The van der Waals surface area contributed by atoms with Crippen molar-refractivity contribution in [2.45, 2.75) is 51.6 Å². The molecule has 6 nitrogen and oxygen atoms in total. The summed E-state index contributed by atoms with van der Waals surface area (Å²) >= 11 is 0. The summed E-state index contributed by atoms with van der Waals surface area (Å²) in [7, 11) is 0. The first-order valence-electron chi connectivity index (χ1n) is 7.32. The Kier molecular flexibility index (Phi) is 6.95. The Morgan fingerprint density at radius 3 is 1.60 bits per heavy atom. The SMILES string of the molecule is C[C@H](CO)C(=O)N[C@@H]1CCCC[C@H]1NC(=O)[C@@H](C)CO. The Hall–Kier alpha value is -1.14. The summed E-state index contributed by atoms with van der Waals surface area (Å²) in [5.41, 5.74) is 0. The van der Waals surface area contributed by atoms with Crippen LogP contribution in [-0.2, 0) is 9.59 Å². The third-order valence-electron chi connectivity index (χ3n) is 3.86. The van der Waals surface area contributed by atoms with Crippen LogP contribution in [0.4, 0.5) is 0 Å². The van der Waals surface area contributed by atoms with Crippen LogP contribution in [0.1, 0.15) is 39.5 Å². The second-order valence-corrected chi connectivity index (χ2v) is 5.68. The van der Waals surface area contributed by atoms with Crippen molar-refractivity contribution in [3.8, 4) is 0 Å². The highest BCUT2D eigenvalue weighted by Gasteiger charge is 2.29. The average molecular weight is 286 g/mol. The molecule has 0 spiro atoms. The molecule has 116 valence electrons. The lowest BCUT2D eigenvalue weighted by atomic mass is 9.89. The van der Waals surface area contributed by atoms with E-state index in [9.17, 15) is 9.59 Å². The third-order valence-corrected chi connectivity index (χ3v) is 3.86. The summed E-state index contributed by atoms with van der Waals surface area (Å²) < 4.78 is 0. The van der Waals surface area contributed by atoms with E-state index in [0.717, 1.165) is 25.7 Å². The molecule has 20 heavy (non-hydrogen) atoms. The molecular weight excluding hydrogens is 260 g/mol. The van der Waals surface area contributed by atoms with Crippen molar-refractivity contribution in [1.82, 2.24) is 10.6 Å². The highest BCUT2D eigenvalue weighted by atomic mass is 16.3. The third kappa shape index (κ3) is 4.76. The largest absolute Gasteiger partial charge is 0.396 e. The maximum Gasteiger partial charge on any atom is 0.225 e. The number of aliphatic hydroxyl groups excluding tert-OH is 2. The molecule has 1 aliphatic rings. The van der Waals surface area contributed by atoms with Crippen LogP contribution in [0.25, 0.3) is 0 Å². The molecule has 1 rings (SSSR count). The minimum absolute atomic E-state index is 0.0971. The lowest BCUT2D eigenvalue weighted by molar-refractivity contribution is -0.129. The summed E-state index contributed by atoms with van der Waals surface area (Å²) in [6.07, 6.45) is 3.67. The first-order chi connectivity index (χ1) is 9.49. The fourth-order valence-electron chi connectivity index (χ4n) is 2.29. The van der Waals surface area contributed by atoms with Crippen molar-refractivity contribution in [2.24, 2.45) is 11.8 Å². The zero-order chi connectivity index (χ0) is 15.1. The standard InChI is InChI=1S/C14H26N2O4/c1-9(7-17)13(19)15-11-5-3-4-6-12(11)16-14(20)10(2)8-18/h9-12,17-18H,3-8H2,1-2H3,(H,15,19)(H,16,20)/t9-,10+,11-,12-/m1/s1. The summed E-state index contributed by atoms with van der Waals surface area (Å²) in [5.74, 6) is -1.25.